The average molecular weight is 495 g/mol. The third-order valence-corrected chi connectivity index (χ3v) is 8.59. The Morgan fingerprint density at radius 3 is 2.35 bits per heavy atom. The van der Waals surface area contributed by atoms with E-state index < -0.39 is 15.1 Å². The van der Waals surface area contributed by atoms with Crippen LogP contribution in [-0.4, -0.2) is 31.2 Å². The fraction of sp³-hybridized carbons (Fsp3) is 0.231. The van der Waals surface area contributed by atoms with Crippen molar-refractivity contribution in [2.45, 2.75) is 37.5 Å². The lowest BCUT2D eigenvalue weighted by atomic mass is 10.1. The maximum absolute atomic E-state index is 13.6. The standard InChI is InChI=1S/C26H26N2O4S2/c1-4-32-22-11-8-12-23-24(22)27-26(33-23)28(17-19-9-6-5-7-10-19)25(29)20-13-15-21(16-14-20)34(30,31)18(2)3/h5-16,18H,4,17H2,1-3H3. The second-order valence-electron chi connectivity index (χ2n) is 8.03. The van der Waals surface area contributed by atoms with Gasteiger partial charge in [-0.3, -0.25) is 9.69 Å². The number of ether oxygens (including phenoxy) is 1. The van der Waals surface area contributed by atoms with E-state index in [9.17, 15) is 13.2 Å². The van der Waals surface area contributed by atoms with Gasteiger partial charge in [-0.05, 0) is 62.7 Å². The van der Waals surface area contributed by atoms with E-state index in [0.29, 0.717) is 35.1 Å². The highest BCUT2D eigenvalue weighted by atomic mass is 32.2. The highest BCUT2D eigenvalue weighted by Gasteiger charge is 2.24. The van der Waals surface area contributed by atoms with E-state index in [1.54, 1.807) is 30.9 Å². The molecule has 8 heteroatoms. The number of benzene rings is 3. The molecule has 6 nitrogen and oxygen atoms in total. The first-order chi connectivity index (χ1) is 16.3. The van der Waals surface area contributed by atoms with Gasteiger partial charge in [-0.2, -0.15) is 0 Å². The number of fused-ring (bicyclic) bond motifs is 1. The number of carbonyl (C=O) groups excluding carboxylic acids is 1. The van der Waals surface area contributed by atoms with Crippen LogP contribution >= 0.6 is 11.3 Å². The van der Waals surface area contributed by atoms with Crippen molar-refractivity contribution in [2.24, 2.45) is 0 Å². The van der Waals surface area contributed by atoms with Crippen LogP contribution in [0.1, 0.15) is 36.7 Å². The van der Waals surface area contributed by atoms with Crippen LogP contribution in [0.15, 0.2) is 77.7 Å². The molecule has 0 saturated carbocycles. The van der Waals surface area contributed by atoms with Crippen molar-refractivity contribution >= 4 is 42.4 Å². The molecule has 1 heterocycles. The highest BCUT2D eigenvalue weighted by Crippen LogP contribution is 2.35. The maximum Gasteiger partial charge on any atom is 0.260 e. The Kier molecular flexibility index (Phi) is 7.00. The zero-order valence-corrected chi connectivity index (χ0v) is 20.9. The predicted molar refractivity (Wildman–Crippen MR) is 137 cm³/mol. The van der Waals surface area contributed by atoms with Crippen molar-refractivity contribution < 1.29 is 17.9 Å². The van der Waals surface area contributed by atoms with E-state index >= 15 is 0 Å². The molecule has 0 spiro atoms. The first kappa shape index (κ1) is 23.9. The van der Waals surface area contributed by atoms with Crippen LogP contribution in [0.25, 0.3) is 10.2 Å². The zero-order valence-electron chi connectivity index (χ0n) is 19.3. The minimum absolute atomic E-state index is 0.204. The van der Waals surface area contributed by atoms with Gasteiger partial charge in [0.15, 0.2) is 15.0 Å². The largest absolute Gasteiger partial charge is 0.492 e. The summed E-state index contributed by atoms with van der Waals surface area (Å²) in [4.78, 5) is 20.2. The minimum Gasteiger partial charge on any atom is -0.492 e. The summed E-state index contributed by atoms with van der Waals surface area (Å²) in [5, 5.41) is 0.0146. The number of thiazole rings is 1. The fourth-order valence-corrected chi connectivity index (χ4v) is 5.55. The van der Waals surface area contributed by atoms with Crippen LogP contribution in [0.3, 0.4) is 0 Å². The predicted octanol–water partition coefficient (Wildman–Crippen LogP) is 5.72. The normalized spacial score (nSPS) is 11.6. The summed E-state index contributed by atoms with van der Waals surface area (Å²) >= 11 is 1.42. The molecule has 0 bridgehead atoms. The lowest BCUT2D eigenvalue weighted by Gasteiger charge is -2.20. The molecule has 4 aromatic rings. The number of rotatable bonds is 8. The lowest BCUT2D eigenvalue weighted by molar-refractivity contribution is 0.0985. The van der Waals surface area contributed by atoms with Crippen molar-refractivity contribution in [1.29, 1.82) is 0 Å². The molecule has 0 aliphatic carbocycles. The topological polar surface area (TPSA) is 76.6 Å². The van der Waals surface area contributed by atoms with Gasteiger partial charge in [-0.15, -0.1) is 0 Å². The van der Waals surface area contributed by atoms with E-state index in [2.05, 4.69) is 0 Å². The first-order valence-corrected chi connectivity index (χ1v) is 13.4. The van der Waals surface area contributed by atoms with Crippen LogP contribution in [0.5, 0.6) is 5.75 Å². The van der Waals surface area contributed by atoms with E-state index in [-0.39, 0.29) is 10.8 Å². The first-order valence-electron chi connectivity index (χ1n) is 11.0. The van der Waals surface area contributed by atoms with E-state index in [0.717, 1.165) is 10.3 Å². The summed E-state index contributed by atoms with van der Waals surface area (Å²) in [6, 6.07) is 21.5. The number of para-hydroxylation sites is 1. The molecule has 3 aromatic carbocycles. The molecular weight excluding hydrogens is 468 g/mol. The van der Waals surface area contributed by atoms with Crippen molar-refractivity contribution in [3.8, 4) is 5.75 Å². The minimum atomic E-state index is -3.42. The fourth-order valence-electron chi connectivity index (χ4n) is 3.51. The third-order valence-electron chi connectivity index (χ3n) is 5.38. The Hall–Kier alpha value is -3.23. The number of hydrogen-bond acceptors (Lipinski definition) is 6. The zero-order chi connectivity index (χ0) is 24.3. The van der Waals surface area contributed by atoms with Gasteiger partial charge < -0.3 is 4.74 Å². The van der Waals surface area contributed by atoms with Crippen molar-refractivity contribution in [1.82, 2.24) is 4.98 Å². The number of carbonyl (C=O) groups is 1. The summed E-state index contributed by atoms with van der Waals surface area (Å²) in [5.41, 5.74) is 2.07. The molecule has 0 unspecified atom stereocenters. The highest BCUT2D eigenvalue weighted by molar-refractivity contribution is 7.92. The summed E-state index contributed by atoms with van der Waals surface area (Å²) in [7, 11) is -3.42. The van der Waals surface area contributed by atoms with Crippen LogP contribution in [0.2, 0.25) is 0 Å². The van der Waals surface area contributed by atoms with E-state index in [1.807, 2.05) is 55.5 Å². The number of nitrogens with zero attached hydrogens (tertiary/aromatic N) is 2. The Balaban J connectivity index is 1.74. The number of aromatic nitrogens is 1. The monoisotopic (exact) mass is 494 g/mol. The van der Waals surface area contributed by atoms with Gasteiger partial charge in [-0.1, -0.05) is 47.7 Å². The van der Waals surface area contributed by atoms with Gasteiger partial charge in [0, 0.05) is 5.56 Å². The Labute approximate surface area is 203 Å². The van der Waals surface area contributed by atoms with Gasteiger partial charge >= 0.3 is 0 Å². The molecule has 1 amide bonds. The van der Waals surface area contributed by atoms with Crippen LogP contribution in [-0.2, 0) is 16.4 Å². The Bertz CT molecular complexity index is 1400. The molecule has 176 valence electrons. The molecule has 34 heavy (non-hydrogen) atoms. The van der Waals surface area contributed by atoms with Crippen molar-refractivity contribution in [3.63, 3.8) is 0 Å². The van der Waals surface area contributed by atoms with E-state index in [4.69, 9.17) is 9.72 Å². The Morgan fingerprint density at radius 1 is 1.00 bits per heavy atom. The second kappa shape index (κ2) is 9.95. The number of anilines is 1. The van der Waals surface area contributed by atoms with Crippen molar-refractivity contribution in [2.75, 3.05) is 11.5 Å². The van der Waals surface area contributed by atoms with Crippen LogP contribution in [0, 0.1) is 0 Å². The maximum atomic E-state index is 13.6. The molecule has 0 aliphatic heterocycles. The smallest absolute Gasteiger partial charge is 0.260 e. The third kappa shape index (κ3) is 4.83. The molecule has 0 atom stereocenters. The van der Waals surface area contributed by atoms with Gasteiger partial charge in [0.1, 0.15) is 11.3 Å². The molecular formula is C26H26N2O4S2. The molecule has 0 radical (unpaired) electrons. The van der Waals surface area contributed by atoms with E-state index in [1.165, 1.54) is 23.5 Å². The van der Waals surface area contributed by atoms with Gasteiger partial charge in [0.05, 0.1) is 28.0 Å². The quantitative estimate of drug-likeness (QED) is 0.313. The number of amides is 1. The summed E-state index contributed by atoms with van der Waals surface area (Å²) in [5.74, 6) is 0.423. The second-order valence-corrected chi connectivity index (χ2v) is 11.5. The average Bonchev–Trinajstić information content (AvgIpc) is 3.28. The molecule has 1 aromatic heterocycles. The summed E-state index contributed by atoms with van der Waals surface area (Å²) < 4.78 is 31.6. The molecule has 4 rings (SSSR count). The molecule has 0 aliphatic rings. The van der Waals surface area contributed by atoms with Gasteiger partial charge in [0.2, 0.25) is 0 Å². The molecule has 0 fully saturated rings. The van der Waals surface area contributed by atoms with Crippen molar-refractivity contribution in [3.05, 3.63) is 83.9 Å². The summed E-state index contributed by atoms with van der Waals surface area (Å²) in [6.45, 7) is 6.04. The lowest BCUT2D eigenvalue weighted by Crippen LogP contribution is -2.30. The molecule has 0 saturated heterocycles. The van der Waals surface area contributed by atoms with Gasteiger partial charge in [0.25, 0.3) is 5.91 Å². The molecule has 0 N–H and O–H groups in total. The van der Waals surface area contributed by atoms with Crippen LogP contribution < -0.4 is 9.64 Å². The number of hydrogen-bond donors (Lipinski definition) is 0. The Morgan fingerprint density at radius 2 is 1.71 bits per heavy atom. The number of sulfone groups is 1. The van der Waals surface area contributed by atoms with Gasteiger partial charge in [-0.25, -0.2) is 13.4 Å². The van der Waals surface area contributed by atoms with Crippen LogP contribution in [0.4, 0.5) is 5.13 Å². The SMILES string of the molecule is CCOc1cccc2sc(N(Cc3ccccc3)C(=O)c3ccc(S(=O)(=O)C(C)C)cc3)nc12. The summed E-state index contributed by atoms with van der Waals surface area (Å²) in [6.07, 6.45) is 0.